The molecule has 142 valence electrons. The second-order valence-corrected chi connectivity index (χ2v) is 6.62. The summed E-state index contributed by atoms with van der Waals surface area (Å²) in [4.78, 5) is 19.9. The highest BCUT2D eigenvalue weighted by Gasteiger charge is 2.08. The van der Waals surface area contributed by atoms with Crippen LogP contribution < -0.4 is 10.6 Å². The van der Waals surface area contributed by atoms with Gasteiger partial charge in [0.1, 0.15) is 5.69 Å². The normalized spacial score (nSPS) is 10.4. The van der Waals surface area contributed by atoms with Crippen LogP contribution in [-0.4, -0.2) is 22.4 Å². The van der Waals surface area contributed by atoms with Crippen LogP contribution in [-0.2, 0) is 6.42 Å². The predicted molar refractivity (Wildman–Crippen MR) is 114 cm³/mol. The number of aromatic amines is 1. The molecule has 0 radical (unpaired) electrons. The van der Waals surface area contributed by atoms with Gasteiger partial charge in [0.15, 0.2) is 0 Å². The molecule has 2 heterocycles. The molecule has 1 amide bonds. The average molecular weight is 381 g/mol. The summed E-state index contributed by atoms with van der Waals surface area (Å²) in [6, 6.07) is 20.6. The monoisotopic (exact) mass is 381 g/mol. The van der Waals surface area contributed by atoms with Crippen LogP contribution in [0.25, 0.3) is 10.9 Å². The van der Waals surface area contributed by atoms with E-state index < -0.39 is 0 Å². The quantitative estimate of drug-likeness (QED) is 0.463. The number of hydrogen-bond acceptors (Lipinski definition) is 4. The van der Waals surface area contributed by atoms with Crippen LogP contribution in [0.4, 0.5) is 11.4 Å². The van der Waals surface area contributed by atoms with Crippen molar-refractivity contribution >= 4 is 28.2 Å². The summed E-state index contributed by atoms with van der Waals surface area (Å²) < 4.78 is 0. The third kappa shape index (κ3) is 4.25. The molecule has 2 aromatic heterocycles. The Labute approximate surface area is 168 Å². The topological polar surface area (TPSA) is 93.6 Å². The lowest BCUT2D eigenvalue weighted by molar-refractivity contribution is 0.102. The molecular weight excluding hydrogens is 362 g/mol. The van der Waals surface area contributed by atoms with Gasteiger partial charge in [0.05, 0.1) is 23.5 Å². The molecule has 0 unspecified atom stereocenters. The molecule has 0 bridgehead atoms. The number of pyridine rings is 1. The first-order chi connectivity index (χ1) is 14.2. The number of nitrogens with zero attached hydrogens (tertiary/aromatic N) is 2. The number of carbonyl (C=O) groups excluding carboxylic acids is 1. The number of fused-ring (bicyclic) bond motifs is 1. The van der Waals surface area contributed by atoms with Crippen LogP contribution in [0.2, 0.25) is 0 Å². The number of nitrogens with one attached hydrogen (secondary N) is 3. The Morgan fingerprint density at radius 2 is 1.97 bits per heavy atom. The van der Waals surface area contributed by atoms with Gasteiger partial charge in [-0.15, -0.1) is 0 Å². The van der Waals surface area contributed by atoms with E-state index in [1.807, 2.05) is 24.4 Å². The predicted octanol–water partition coefficient (Wildman–Crippen LogP) is 4.34. The van der Waals surface area contributed by atoms with E-state index in [1.54, 1.807) is 36.5 Å². The summed E-state index contributed by atoms with van der Waals surface area (Å²) in [5.41, 5.74) is 4.63. The minimum atomic E-state index is -0.314. The standard InChI is InChI=1S/C23H19N5O/c24-13-16-4-3-5-18(12-16)28-23(29)22-9-8-19(15-27-22)25-11-10-17-14-26-21-7-2-1-6-20(17)21/h1-9,12,14-15,25-26H,10-11H2,(H,28,29). The Morgan fingerprint density at radius 1 is 1.07 bits per heavy atom. The molecule has 0 fully saturated rings. The van der Waals surface area contributed by atoms with Crippen molar-refractivity contribution in [3.8, 4) is 6.07 Å². The van der Waals surface area contributed by atoms with Crippen LogP contribution in [0, 0.1) is 11.3 Å². The fourth-order valence-electron chi connectivity index (χ4n) is 3.17. The van der Waals surface area contributed by atoms with E-state index in [-0.39, 0.29) is 5.91 Å². The Bertz CT molecular complexity index is 1190. The van der Waals surface area contributed by atoms with Crippen molar-refractivity contribution in [1.82, 2.24) is 9.97 Å². The number of rotatable bonds is 6. The van der Waals surface area contributed by atoms with Crippen molar-refractivity contribution in [2.75, 3.05) is 17.2 Å². The second-order valence-electron chi connectivity index (χ2n) is 6.62. The zero-order valence-corrected chi connectivity index (χ0v) is 15.6. The van der Waals surface area contributed by atoms with E-state index in [0.717, 1.165) is 24.2 Å². The first-order valence-corrected chi connectivity index (χ1v) is 9.29. The van der Waals surface area contributed by atoms with Gasteiger partial charge in [0.25, 0.3) is 5.91 Å². The van der Waals surface area contributed by atoms with Gasteiger partial charge in [0, 0.05) is 29.3 Å². The number of hydrogen-bond donors (Lipinski definition) is 3. The summed E-state index contributed by atoms with van der Waals surface area (Å²) in [6.07, 6.45) is 4.57. The number of nitriles is 1. The molecule has 0 aliphatic rings. The van der Waals surface area contributed by atoms with Gasteiger partial charge < -0.3 is 15.6 Å². The minimum absolute atomic E-state index is 0.314. The third-order valence-electron chi connectivity index (χ3n) is 4.64. The van der Waals surface area contributed by atoms with Gasteiger partial charge in [-0.2, -0.15) is 5.26 Å². The zero-order chi connectivity index (χ0) is 20.1. The molecule has 6 heteroatoms. The van der Waals surface area contributed by atoms with Crippen LogP contribution in [0.3, 0.4) is 0 Å². The minimum Gasteiger partial charge on any atom is -0.383 e. The molecule has 4 aromatic rings. The number of H-pyrrole nitrogens is 1. The maximum absolute atomic E-state index is 12.3. The number of amides is 1. The number of carbonyl (C=O) groups is 1. The van der Waals surface area contributed by atoms with E-state index in [4.69, 9.17) is 5.26 Å². The van der Waals surface area contributed by atoms with Gasteiger partial charge >= 0.3 is 0 Å². The molecule has 0 saturated carbocycles. The second kappa shape index (κ2) is 8.28. The van der Waals surface area contributed by atoms with Crippen molar-refractivity contribution in [2.45, 2.75) is 6.42 Å². The molecule has 0 saturated heterocycles. The van der Waals surface area contributed by atoms with E-state index in [0.29, 0.717) is 16.9 Å². The van der Waals surface area contributed by atoms with Crippen LogP contribution in [0.15, 0.2) is 73.1 Å². The van der Waals surface area contributed by atoms with Gasteiger partial charge in [-0.25, -0.2) is 4.98 Å². The molecule has 0 atom stereocenters. The smallest absolute Gasteiger partial charge is 0.274 e. The molecule has 4 rings (SSSR count). The Kier molecular flexibility index (Phi) is 5.21. The van der Waals surface area contributed by atoms with Crippen LogP contribution in [0.5, 0.6) is 0 Å². The van der Waals surface area contributed by atoms with Gasteiger partial charge in [-0.1, -0.05) is 24.3 Å². The Morgan fingerprint density at radius 3 is 2.79 bits per heavy atom. The largest absolute Gasteiger partial charge is 0.383 e. The highest BCUT2D eigenvalue weighted by atomic mass is 16.1. The molecular formula is C23H19N5O. The van der Waals surface area contributed by atoms with E-state index >= 15 is 0 Å². The zero-order valence-electron chi connectivity index (χ0n) is 15.6. The van der Waals surface area contributed by atoms with E-state index in [9.17, 15) is 4.79 Å². The SMILES string of the molecule is N#Cc1cccc(NC(=O)c2ccc(NCCc3c[nH]c4ccccc34)cn2)c1. The molecule has 6 nitrogen and oxygen atoms in total. The van der Waals surface area contributed by atoms with Crippen molar-refractivity contribution in [3.63, 3.8) is 0 Å². The number of para-hydroxylation sites is 1. The Balaban J connectivity index is 1.34. The third-order valence-corrected chi connectivity index (χ3v) is 4.64. The van der Waals surface area contributed by atoms with Gasteiger partial charge in [-0.3, -0.25) is 4.79 Å². The lowest BCUT2D eigenvalue weighted by Gasteiger charge is -2.08. The average Bonchev–Trinajstić information content (AvgIpc) is 3.17. The molecule has 0 aliphatic carbocycles. The maximum Gasteiger partial charge on any atom is 0.274 e. The lowest BCUT2D eigenvalue weighted by atomic mass is 10.1. The van der Waals surface area contributed by atoms with Crippen molar-refractivity contribution in [1.29, 1.82) is 5.26 Å². The Hall–Kier alpha value is -4.11. The van der Waals surface area contributed by atoms with Gasteiger partial charge in [-0.05, 0) is 48.4 Å². The first-order valence-electron chi connectivity index (χ1n) is 9.29. The molecule has 0 aliphatic heterocycles. The number of aromatic nitrogens is 2. The molecule has 0 spiro atoms. The molecule has 29 heavy (non-hydrogen) atoms. The highest BCUT2D eigenvalue weighted by Crippen LogP contribution is 2.18. The first kappa shape index (κ1) is 18.3. The fraction of sp³-hybridized carbons (Fsp3) is 0.0870. The number of anilines is 2. The van der Waals surface area contributed by atoms with Gasteiger partial charge in [0.2, 0.25) is 0 Å². The summed E-state index contributed by atoms with van der Waals surface area (Å²) in [6.45, 7) is 0.760. The van der Waals surface area contributed by atoms with E-state index in [1.165, 1.54) is 10.9 Å². The molecule has 2 aromatic carbocycles. The molecule has 3 N–H and O–H groups in total. The van der Waals surface area contributed by atoms with E-state index in [2.05, 4.69) is 38.8 Å². The van der Waals surface area contributed by atoms with Crippen LogP contribution in [0.1, 0.15) is 21.6 Å². The summed E-state index contributed by atoms with van der Waals surface area (Å²) in [5, 5.41) is 16.3. The van der Waals surface area contributed by atoms with Crippen molar-refractivity contribution < 1.29 is 4.79 Å². The lowest BCUT2D eigenvalue weighted by Crippen LogP contribution is -2.14. The highest BCUT2D eigenvalue weighted by molar-refractivity contribution is 6.03. The number of benzene rings is 2. The van der Waals surface area contributed by atoms with Crippen molar-refractivity contribution in [3.05, 3.63) is 89.9 Å². The summed E-state index contributed by atoms with van der Waals surface area (Å²) >= 11 is 0. The summed E-state index contributed by atoms with van der Waals surface area (Å²) in [7, 11) is 0. The van der Waals surface area contributed by atoms with Crippen LogP contribution >= 0.6 is 0 Å². The fourth-order valence-corrected chi connectivity index (χ4v) is 3.17. The maximum atomic E-state index is 12.3. The van der Waals surface area contributed by atoms with Crippen molar-refractivity contribution in [2.24, 2.45) is 0 Å². The summed E-state index contributed by atoms with van der Waals surface area (Å²) in [5.74, 6) is -0.314.